The highest BCUT2D eigenvalue weighted by molar-refractivity contribution is 7.12. The number of carbonyl (C=O) groups excluding carboxylic acids is 2. The van der Waals surface area contributed by atoms with Gasteiger partial charge in [-0.15, -0.1) is 11.3 Å². The van der Waals surface area contributed by atoms with Crippen molar-refractivity contribution in [2.24, 2.45) is 5.92 Å². The summed E-state index contributed by atoms with van der Waals surface area (Å²) < 4.78 is 0. The van der Waals surface area contributed by atoms with E-state index < -0.39 is 0 Å². The average Bonchev–Trinajstić information content (AvgIpc) is 2.98. The van der Waals surface area contributed by atoms with Crippen LogP contribution < -0.4 is 10.6 Å². The van der Waals surface area contributed by atoms with Crippen LogP contribution in [0.3, 0.4) is 0 Å². The van der Waals surface area contributed by atoms with Gasteiger partial charge in [0.1, 0.15) is 0 Å². The molecule has 2 N–H and O–H groups in total. The van der Waals surface area contributed by atoms with E-state index in [0.29, 0.717) is 18.0 Å². The first-order chi connectivity index (χ1) is 9.27. The second-order valence-corrected chi connectivity index (χ2v) is 5.81. The van der Waals surface area contributed by atoms with E-state index in [4.69, 9.17) is 0 Å². The number of hydrogen-bond donors (Lipinski definition) is 2. The van der Waals surface area contributed by atoms with E-state index in [0.717, 1.165) is 25.7 Å². The summed E-state index contributed by atoms with van der Waals surface area (Å²) in [4.78, 5) is 24.2. The SMILES string of the molecule is O=C(NCCNC(=O)C1CCCCC1)c1cccs1. The first-order valence-electron chi connectivity index (χ1n) is 6.87. The topological polar surface area (TPSA) is 58.2 Å². The van der Waals surface area contributed by atoms with Gasteiger partial charge < -0.3 is 10.6 Å². The standard InChI is InChI=1S/C14H20N2O2S/c17-13(11-5-2-1-3-6-11)15-8-9-16-14(18)12-7-4-10-19-12/h4,7,10-11H,1-3,5-6,8-9H2,(H,15,17)(H,16,18). The summed E-state index contributed by atoms with van der Waals surface area (Å²) in [7, 11) is 0. The zero-order valence-corrected chi connectivity index (χ0v) is 11.8. The molecule has 0 spiro atoms. The minimum absolute atomic E-state index is 0.0677. The van der Waals surface area contributed by atoms with E-state index in [9.17, 15) is 9.59 Å². The second-order valence-electron chi connectivity index (χ2n) is 4.86. The lowest BCUT2D eigenvalue weighted by atomic mass is 9.89. The van der Waals surface area contributed by atoms with Crippen LogP contribution in [0.25, 0.3) is 0 Å². The Kier molecular flexibility index (Phi) is 5.39. The lowest BCUT2D eigenvalue weighted by Gasteiger charge is -2.20. The first-order valence-corrected chi connectivity index (χ1v) is 7.75. The van der Waals surface area contributed by atoms with Crippen LogP contribution in [-0.4, -0.2) is 24.9 Å². The molecular formula is C14H20N2O2S. The normalized spacial score (nSPS) is 16.0. The van der Waals surface area contributed by atoms with Crippen molar-refractivity contribution in [2.45, 2.75) is 32.1 Å². The molecule has 1 aromatic heterocycles. The molecule has 0 aromatic carbocycles. The third-order valence-corrected chi connectivity index (χ3v) is 4.30. The van der Waals surface area contributed by atoms with Gasteiger partial charge in [-0.2, -0.15) is 0 Å². The van der Waals surface area contributed by atoms with Crippen LogP contribution in [0.15, 0.2) is 17.5 Å². The Morgan fingerprint density at radius 1 is 1.16 bits per heavy atom. The minimum Gasteiger partial charge on any atom is -0.354 e. The van der Waals surface area contributed by atoms with Crippen molar-refractivity contribution in [1.29, 1.82) is 0 Å². The zero-order valence-electron chi connectivity index (χ0n) is 11.0. The van der Waals surface area contributed by atoms with Crippen molar-refractivity contribution >= 4 is 23.2 Å². The molecule has 4 nitrogen and oxygen atoms in total. The maximum atomic E-state index is 11.8. The summed E-state index contributed by atoms with van der Waals surface area (Å²) in [5, 5.41) is 7.58. The number of thiophene rings is 1. The van der Waals surface area contributed by atoms with Crippen LogP contribution >= 0.6 is 11.3 Å². The highest BCUT2D eigenvalue weighted by atomic mass is 32.1. The fraction of sp³-hybridized carbons (Fsp3) is 0.571. The van der Waals surface area contributed by atoms with Crippen molar-refractivity contribution in [3.63, 3.8) is 0 Å². The van der Waals surface area contributed by atoms with Crippen molar-refractivity contribution in [1.82, 2.24) is 10.6 Å². The molecule has 0 atom stereocenters. The lowest BCUT2D eigenvalue weighted by Crippen LogP contribution is -2.38. The Hall–Kier alpha value is -1.36. The summed E-state index contributed by atoms with van der Waals surface area (Å²) in [6, 6.07) is 3.64. The van der Waals surface area contributed by atoms with Crippen LogP contribution in [0.2, 0.25) is 0 Å². The minimum atomic E-state index is -0.0677. The Bertz CT molecular complexity index is 411. The largest absolute Gasteiger partial charge is 0.354 e. The van der Waals surface area contributed by atoms with Gasteiger partial charge in [0.25, 0.3) is 5.91 Å². The van der Waals surface area contributed by atoms with Gasteiger partial charge in [-0.1, -0.05) is 25.3 Å². The summed E-state index contributed by atoms with van der Waals surface area (Å²) in [6.07, 6.45) is 5.59. The smallest absolute Gasteiger partial charge is 0.261 e. The van der Waals surface area contributed by atoms with Crippen LogP contribution in [0.1, 0.15) is 41.8 Å². The Balaban J connectivity index is 1.61. The fourth-order valence-electron chi connectivity index (χ4n) is 2.37. The molecule has 0 radical (unpaired) electrons. The molecular weight excluding hydrogens is 260 g/mol. The maximum absolute atomic E-state index is 11.8. The van der Waals surface area contributed by atoms with E-state index in [1.54, 1.807) is 6.07 Å². The molecule has 104 valence electrons. The number of rotatable bonds is 5. The number of carbonyl (C=O) groups is 2. The zero-order chi connectivity index (χ0) is 13.5. The third kappa shape index (κ3) is 4.35. The molecule has 1 heterocycles. The molecule has 2 amide bonds. The van der Waals surface area contributed by atoms with Crippen molar-refractivity contribution in [2.75, 3.05) is 13.1 Å². The lowest BCUT2D eigenvalue weighted by molar-refractivity contribution is -0.125. The van der Waals surface area contributed by atoms with Gasteiger partial charge >= 0.3 is 0 Å². The Labute approximate surface area is 117 Å². The predicted molar refractivity (Wildman–Crippen MR) is 76.2 cm³/mol. The molecule has 5 heteroatoms. The summed E-state index contributed by atoms with van der Waals surface area (Å²) in [6.45, 7) is 0.988. The Morgan fingerprint density at radius 3 is 2.58 bits per heavy atom. The Morgan fingerprint density at radius 2 is 1.89 bits per heavy atom. The quantitative estimate of drug-likeness (QED) is 0.812. The van der Waals surface area contributed by atoms with Crippen LogP contribution in [-0.2, 0) is 4.79 Å². The predicted octanol–water partition coefficient (Wildman–Crippen LogP) is 2.17. The first kappa shape index (κ1) is 14.1. The van der Waals surface area contributed by atoms with Gasteiger partial charge in [0.15, 0.2) is 0 Å². The molecule has 19 heavy (non-hydrogen) atoms. The maximum Gasteiger partial charge on any atom is 0.261 e. The molecule has 0 aliphatic heterocycles. The van der Waals surface area contributed by atoms with Crippen molar-refractivity contribution in [3.8, 4) is 0 Å². The molecule has 1 aromatic rings. The van der Waals surface area contributed by atoms with E-state index >= 15 is 0 Å². The van der Waals surface area contributed by atoms with Gasteiger partial charge in [0, 0.05) is 19.0 Å². The molecule has 0 unspecified atom stereocenters. The molecule has 1 aliphatic rings. The van der Waals surface area contributed by atoms with E-state index in [-0.39, 0.29) is 17.7 Å². The summed E-state index contributed by atoms with van der Waals surface area (Å²) >= 11 is 1.42. The molecule has 1 saturated carbocycles. The number of nitrogens with one attached hydrogen (secondary N) is 2. The monoisotopic (exact) mass is 280 g/mol. The number of amides is 2. The van der Waals surface area contributed by atoms with Gasteiger partial charge in [-0.05, 0) is 24.3 Å². The molecule has 0 saturated heterocycles. The van der Waals surface area contributed by atoms with Crippen molar-refractivity contribution < 1.29 is 9.59 Å². The molecule has 2 rings (SSSR count). The van der Waals surface area contributed by atoms with E-state index in [1.165, 1.54) is 17.8 Å². The van der Waals surface area contributed by atoms with Gasteiger partial charge in [0.2, 0.25) is 5.91 Å². The van der Waals surface area contributed by atoms with Gasteiger partial charge in [0.05, 0.1) is 4.88 Å². The second kappa shape index (κ2) is 7.28. The number of hydrogen-bond acceptors (Lipinski definition) is 3. The van der Waals surface area contributed by atoms with Crippen molar-refractivity contribution in [3.05, 3.63) is 22.4 Å². The molecule has 0 bridgehead atoms. The highest BCUT2D eigenvalue weighted by Crippen LogP contribution is 2.23. The van der Waals surface area contributed by atoms with Crippen LogP contribution in [0.4, 0.5) is 0 Å². The van der Waals surface area contributed by atoms with Gasteiger partial charge in [-0.3, -0.25) is 9.59 Å². The molecule has 1 fully saturated rings. The summed E-state index contributed by atoms with van der Waals surface area (Å²) in [5.41, 5.74) is 0. The average molecular weight is 280 g/mol. The van der Waals surface area contributed by atoms with E-state index in [1.807, 2.05) is 11.4 Å². The highest BCUT2D eigenvalue weighted by Gasteiger charge is 2.20. The molecule has 1 aliphatic carbocycles. The van der Waals surface area contributed by atoms with E-state index in [2.05, 4.69) is 10.6 Å². The third-order valence-electron chi connectivity index (χ3n) is 3.43. The van der Waals surface area contributed by atoms with Gasteiger partial charge in [-0.25, -0.2) is 0 Å². The fourth-order valence-corrected chi connectivity index (χ4v) is 3.01. The summed E-state index contributed by atoms with van der Waals surface area (Å²) in [5.74, 6) is 0.258. The van der Waals surface area contributed by atoms with Crippen LogP contribution in [0, 0.1) is 5.92 Å². The van der Waals surface area contributed by atoms with Crippen LogP contribution in [0.5, 0.6) is 0 Å².